The highest BCUT2D eigenvalue weighted by Crippen LogP contribution is 2.33. The zero-order valence-electron chi connectivity index (χ0n) is 19.2. The molecule has 1 aliphatic carbocycles. The van der Waals surface area contributed by atoms with Gasteiger partial charge < -0.3 is 10.2 Å². The first-order valence-electron chi connectivity index (χ1n) is 10.7. The van der Waals surface area contributed by atoms with Crippen molar-refractivity contribution < 1.29 is 13.3 Å². The maximum Gasteiger partial charge on any atom is 0.276 e. The number of aromatic nitrogens is 1. The van der Waals surface area contributed by atoms with E-state index < -0.39 is 14.9 Å². The average Bonchev–Trinajstić information content (AvgIpc) is 2.68. The summed E-state index contributed by atoms with van der Waals surface area (Å²) >= 11 is 0. The third kappa shape index (κ3) is 5.02. The molecule has 32 heavy (non-hydrogen) atoms. The Morgan fingerprint density at radius 2 is 1.75 bits per heavy atom. The molecule has 2 N–H and O–H groups in total. The number of hydrogen-bond acceptors (Lipinski definition) is 7. The first kappa shape index (κ1) is 23.9. The fourth-order valence-electron chi connectivity index (χ4n) is 4.52. The smallest absolute Gasteiger partial charge is 0.276 e. The molecular weight excluding hydrogens is 430 g/mol. The second-order valence-corrected chi connectivity index (χ2v) is 10.3. The van der Waals surface area contributed by atoms with Crippen LogP contribution in [-0.2, 0) is 10.0 Å². The molecule has 1 aromatic heterocycles. The molecule has 9 nitrogen and oxygen atoms in total. The second kappa shape index (κ2) is 9.41. The standard InChI is InChI=1S/C22H31N5O4S/c1-14-12-15(2)22(16(3)21(14)27(28)29)32(30,31)25-19-9-7-6-8-18(19)24-20-13-17(26(4)5)10-11-23-20/h10-13,18-19,25H,6-9H2,1-5H3,(H,23,24)/t18-,19-/m1/s1. The van der Waals surface area contributed by atoms with E-state index in [-0.39, 0.29) is 28.2 Å². The Labute approximate surface area is 189 Å². The van der Waals surface area contributed by atoms with Crippen LogP contribution < -0.4 is 14.9 Å². The summed E-state index contributed by atoms with van der Waals surface area (Å²) in [5.74, 6) is 0.686. The summed E-state index contributed by atoms with van der Waals surface area (Å²) in [4.78, 5) is 17.4. The van der Waals surface area contributed by atoms with Gasteiger partial charge >= 0.3 is 0 Å². The molecular formula is C22H31N5O4S. The predicted molar refractivity (Wildman–Crippen MR) is 126 cm³/mol. The molecule has 1 aromatic carbocycles. The van der Waals surface area contributed by atoms with E-state index >= 15 is 0 Å². The van der Waals surface area contributed by atoms with Gasteiger partial charge in [0.15, 0.2) is 0 Å². The van der Waals surface area contributed by atoms with E-state index in [1.807, 2.05) is 31.1 Å². The van der Waals surface area contributed by atoms with Crippen molar-refractivity contribution in [3.63, 3.8) is 0 Å². The summed E-state index contributed by atoms with van der Waals surface area (Å²) in [5.41, 5.74) is 1.96. The monoisotopic (exact) mass is 461 g/mol. The molecule has 2 aromatic rings. The van der Waals surface area contributed by atoms with Gasteiger partial charge in [-0.25, -0.2) is 18.1 Å². The van der Waals surface area contributed by atoms with Gasteiger partial charge in [0.05, 0.1) is 9.82 Å². The van der Waals surface area contributed by atoms with Crippen LogP contribution in [0.3, 0.4) is 0 Å². The van der Waals surface area contributed by atoms with E-state index in [0.29, 0.717) is 23.4 Å². The highest BCUT2D eigenvalue weighted by atomic mass is 32.2. The van der Waals surface area contributed by atoms with Crippen LogP contribution in [0.4, 0.5) is 17.2 Å². The maximum absolute atomic E-state index is 13.4. The quantitative estimate of drug-likeness (QED) is 0.477. The van der Waals surface area contributed by atoms with E-state index in [4.69, 9.17) is 0 Å². The molecule has 0 bridgehead atoms. The zero-order chi connectivity index (χ0) is 23.6. The molecule has 1 saturated carbocycles. The van der Waals surface area contributed by atoms with Crippen molar-refractivity contribution in [3.8, 4) is 0 Å². The number of anilines is 2. The predicted octanol–water partition coefficient (Wildman–Crippen LogP) is 3.68. The van der Waals surface area contributed by atoms with Crippen LogP contribution in [0, 0.1) is 30.9 Å². The third-order valence-corrected chi connectivity index (χ3v) is 7.76. The van der Waals surface area contributed by atoms with Crippen LogP contribution in [0.2, 0.25) is 0 Å². The average molecular weight is 462 g/mol. The van der Waals surface area contributed by atoms with Gasteiger partial charge in [-0.2, -0.15) is 0 Å². The number of rotatable bonds is 7. The Morgan fingerprint density at radius 1 is 1.09 bits per heavy atom. The van der Waals surface area contributed by atoms with Gasteiger partial charge in [0, 0.05) is 55.3 Å². The van der Waals surface area contributed by atoms with Crippen LogP contribution in [-0.4, -0.2) is 44.5 Å². The van der Waals surface area contributed by atoms with E-state index in [2.05, 4.69) is 15.0 Å². The van der Waals surface area contributed by atoms with Crippen LogP contribution in [0.1, 0.15) is 42.4 Å². The molecule has 1 aliphatic rings. The normalized spacial score (nSPS) is 18.9. The molecule has 0 spiro atoms. The Morgan fingerprint density at radius 3 is 2.38 bits per heavy atom. The molecule has 1 fully saturated rings. The number of nitro benzene ring substituents is 1. The highest BCUT2D eigenvalue weighted by molar-refractivity contribution is 7.89. The third-order valence-electron chi connectivity index (χ3n) is 5.98. The maximum atomic E-state index is 13.4. The molecule has 0 saturated heterocycles. The summed E-state index contributed by atoms with van der Waals surface area (Å²) in [6, 6.07) is 4.91. The van der Waals surface area contributed by atoms with Gasteiger partial charge in [0.2, 0.25) is 10.0 Å². The summed E-state index contributed by atoms with van der Waals surface area (Å²) in [6.07, 6.45) is 5.08. The number of hydrogen-bond donors (Lipinski definition) is 2. The number of sulfonamides is 1. The van der Waals surface area contributed by atoms with E-state index in [1.165, 1.54) is 6.92 Å². The van der Waals surface area contributed by atoms with Gasteiger partial charge in [-0.3, -0.25) is 10.1 Å². The van der Waals surface area contributed by atoms with E-state index in [1.54, 1.807) is 26.1 Å². The Balaban J connectivity index is 1.90. The van der Waals surface area contributed by atoms with Gasteiger partial charge in [-0.1, -0.05) is 12.8 Å². The molecule has 1 heterocycles. The van der Waals surface area contributed by atoms with Crippen LogP contribution in [0.15, 0.2) is 29.3 Å². The minimum Gasteiger partial charge on any atom is -0.378 e. The molecule has 174 valence electrons. The SMILES string of the molecule is Cc1cc(C)c(S(=O)(=O)N[C@@H]2CCCC[C@H]2Nc2cc(N(C)C)ccn2)c(C)c1[N+](=O)[O-]. The van der Waals surface area contributed by atoms with Gasteiger partial charge in [0.1, 0.15) is 5.82 Å². The topological polar surface area (TPSA) is 117 Å². The number of benzene rings is 1. The van der Waals surface area contributed by atoms with Gasteiger partial charge in [-0.05, 0) is 51.3 Å². The van der Waals surface area contributed by atoms with Gasteiger partial charge in [-0.15, -0.1) is 0 Å². The largest absolute Gasteiger partial charge is 0.378 e. The fourth-order valence-corrected chi connectivity index (χ4v) is 6.30. The summed E-state index contributed by atoms with van der Waals surface area (Å²) in [5, 5.41) is 14.9. The van der Waals surface area contributed by atoms with E-state index in [0.717, 1.165) is 24.9 Å². The lowest BCUT2D eigenvalue weighted by atomic mass is 9.91. The van der Waals surface area contributed by atoms with Crippen LogP contribution in [0.25, 0.3) is 0 Å². The molecule has 0 aliphatic heterocycles. The Bertz CT molecular complexity index is 1120. The van der Waals surface area contributed by atoms with Crippen molar-refractivity contribution in [1.29, 1.82) is 0 Å². The fraction of sp³-hybridized carbons (Fsp3) is 0.500. The first-order chi connectivity index (χ1) is 15.0. The second-order valence-electron chi connectivity index (χ2n) is 8.63. The molecule has 0 unspecified atom stereocenters. The molecule has 0 amide bonds. The van der Waals surface area contributed by atoms with Crippen molar-refractivity contribution in [2.45, 2.75) is 63.4 Å². The lowest BCUT2D eigenvalue weighted by Crippen LogP contribution is -2.48. The molecule has 2 atom stereocenters. The Kier molecular flexibility index (Phi) is 7.04. The zero-order valence-corrected chi connectivity index (χ0v) is 20.0. The highest BCUT2D eigenvalue weighted by Gasteiger charge is 2.33. The summed E-state index contributed by atoms with van der Waals surface area (Å²) in [7, 11) is -0.0709. The minimum absolute atomic E-state index is 0.00754. The molecule has 0 radical (unpaired) electrons. The number of nitro groups is 1. The van der Waals surface area contributed by atoms with Crippen molar-refractivity contribution in [2.75, 3.05) is 24.3 Å². The number of pyridine rings is 1. The molecule has 10 heteroatoms. The lowest BCUT2D eigenvalue weighted by molar-refractivity contribution is -0.386. The number of nitrogens with zero attached hydrogens (tertiary/aromatic N) is 3. The van der Waals surface area contributed by atoms with Gasteiger partial charge in [0.25, 0.3) is 5.69 Å². The van der Waals surface area contributed by atoms with Crippen LogP contribution in [0.5, 0.6) is 0 Å². The Hall–Kier alpha value is -2.72. The lowest BCUT2D eigenvalue weighted by Gasteiger charge is -2.33. The number of nitrogens with one attached hydrogen (secondary N) is 2. The van der Waals surface area contributed by atoms with Crippen LogP contribution >= 0.6 is 0 Å². The van der Waals surface area contributed by atoms with Crippen molar-refractivity contribution in [2.24, 2.45) is 0 Å². The van der Waals surface area contributed by atoms with Crippen molar-refractivity contribution in [3.05, 3.63) is 51.2 Å². The van der Waals surface area contributed by atoms with E-state index in [9.17, 15) is 18.5 Å². The molecule has 3 rings (SSSR count). The van der Waals surface area contributed by atoms with Crippen molar-refractivity contribution in [1.82, 2.24) is 9.71 Å². The first-order valence-corrected chi connectivity index (χ1v) is 12.2. The summed E-state index contributed by atoms with van der Waals surface area (Å²) < 4.78 is 29.6. The van der Waals surface area contributed by atoms with Crippen molar-refractivity contribution >= 4 is 27.2 Å². The minimum atomic E-state index is -3.96. The summed E-state index contributed by atoms with van der Waals surface area (Å²) in [6.45, 7) is 4.80. The number of aryl methyl sites for hydroxylation is 2.